The zero-order valence-electron chi connectivity index (χ0n) is 10.3. The van der Waals surface area contributed by atoms with Gasteiger partial charge in [-0.25, -0.2) is 8.42 Å². The minimum absolute atomic E-state index is 0.0381. The molecule has 0 atom stereocenters. The predicted octanol–water partition coefficient (Wildman–Crippen LogP) is 1.08. The van der Waals surface area contributed by atoms with Crippen LogP contribution in [0.3, 0.4) is 0 Å². The van der Waals surface area contributed by atoms with Crippen LogP contribution in [0.2, 0.25) is 0 Å². The van der Waals surface area contributed by atoms with E-state index in [-0.39, 0.29) is 18.2 Å². The van der Waals surface area contributed by atoms with Crippen LogP contribution in [0.1, 0.15) is 21.5 Å². The van der Waals surface area contributed by atoms with Crippen LogP contribution in [0.25, 0.3) is 0 Å². The van der Waals surface area contributed by atoms with Crippen LogP contribution in [0, 0.1) is 13.8 Å². The highest BCUT2D eigenvalue weighted by Gasteiger charge is 2.07. The van der Waals surface area contributed by atoms with Gasteiger partial charge in [-0.05, 0) is 37.1 Å². The average molecular weight is 255 g/mol. The highest BCUT2D eigenvalue weighted by Crippen LogP contribution is 2.09. The lowest BCUT2D eigenvalue weighted by molar-refractivity contribution is 0.0956. The summed E-state index contributed by atoms with van der Waals surface area (Å²) in [5.41, 5.74) is 2.72. The Morgan fingerprint density at radius 1 is 1.24 bits per heavy atom. The smallest absolute Gasteiger partial charge is 0.251 e. The van der Waals surface area contributed by atoms with E-state index >= 15 is 0 Å². The number of carbonyl (C=O) groups is 1. The number of hydrogen-bond donors (Lipinski definition) is 1. The molecule has 0 fully saturated rings. The number of aryl methyl sites for hydroxylation is 2. The Balaban J connectivity index is 2.61. The maximum Gasteiger partial charge on any atom is 0.251 e. The summed E-state index contributed by atoms with van der Waals surface area (Å²) in [4.78, 5) is 11.7. The van der Waals surface area contributed by atoms with Gasteiger partial charge in [0, 0.05) is 18.4 Å². The lowest BCUT2D eigenvalue weighted by Gasteiger charge is -2.06. The molecular formula is C12H17NO3S. The Labute approximate surface area is 102 Å². The number of amides is 1. The molecule has 0 aliphatic carbocycles. The molecule has 4 nitrogen and oxygen atoms in total. The fourth-order valence-corrected chi connectivity index (χ4v) is 1.81. The fourth-order valence-electron chi connectivity index (χ4n) is 1.33. The highest BCUT2D eigenvalue weighted by atomic mass is 32.2. The fraction of sp³-hybridized carbons (Fsp3) is 0.417. The molecule has 1 rings (SSSR count). The second kappa shape index (κ2) is 5.31. The van der Waals surface area contributed by atoms with Crippen LogP contribution in [-0.2, 0) is 9.84 Å². The number of nitrogens with one attached hydrogen (secondary N) is 1. The van der Waals surface area contributed by atoms with Crippen LogP contribution in [0.5, 0.6) is 0 Å². The van der Waals surface area contributed by atoms with Crippen molar-refractivity contribution in [1.82, 2.24) is 5.32 Å². The summed E-state index contributed by atoms with van der Waals surface area (Å²) >= 11 is 0. The third kappa shape index (κ3) is 4.56. The predicted molar refractivity (Wildman–Crippen MR) is 68.0 cm³/mol. The van der Waals surface area contributed by atoms with E-state index in [0.717, 1.165) is 17.4 Å². The third-order valence-corrected chi connectivity index (χ3v) is 3.47. The Morgan fingerprint density at radius 2 is 1.88 bits per heavy atom. The van der Waals surface area contributed by atoms with Crippen molar-refractivity contribution in [2.45, 2.75) is 13.8 Å². The Bertz CT molecular complexity index is 521. The molecule has 0 aliphatic heterocycles. The zero-order valence-corrected chi connectivity index (χ0v) is 11.1. The summed E-state index contributed by atoms with van der Waals surface area (Å²) in [6.45, 7) is 4.05. The average Bonchev–Trinajstić information content (AvgIpc) is 2.20. The minimum Gasteiger partial charge on any atom is -0.351 e. The first-order valence-corrected chi connectivity index (χ1v) is 7.39. The van der Waals surface area contributed by atoms with Crippen molar-refractivity contribution in [1.29, 1.82) is 0 Å². The molecule has 1 aromatic rings. The van der Waals surface area contributed by atoms with Crippen LogP contribution in [0.15, 0.2) is 18.2 Å². The summed E-state index contributed by atoms with van der Waals surface area (Å²) in [5, 5.41) is 2.58. The molecule has 0 spiro atoms. The van der Waals surface area contributed by atoms with E-state index in [4.69, 9.17) is 0 Å². The third-order valence-electron chi connectivity index (χ3n) is 2.53. The molecule has 94 valence electrons. The van der Waals surface area contributed by atoms with Crippen molar-refractivity contribution in [3.8, 4) is 0 Å². The van der Waals surface area contributed by atoms with Crippen molar-refractivity contribution in [3.05, 3.63) is 34.9 Å². The van der Waals surface area contributed by atoms with Gasteiger partial charge in [-0.2, -0.15) is 0 Å². The van der Waals surface area contributed by atoms with Gasteiger partial charge in [0.1, 0.15) is 9.84 Å². The summed E-state index contributed by atoms with van der Waals surface area (Å²) in [5.74, 6) is -0.277. The second-order valence-electron chi connectivity index (χ2n) is 4.18. The van der Waals surface area contributed by atoms with Crippen LogP contribution in [0.4, 0.5) is 0 Å². The van der Waals surface area contributed by atoms with Gasteiger partial charge in [0.25, 0.3) is 5.91 Å². The van der Waals surface area contributed by atoms with E-state index in [2.05, 4.69) is 5.32 Å². The molecular weight excluding hydrogens is 238 g/mol. The largest absolute Gasteiger partial charge is 0.351 e. The molecule has 0 saturated carbocycles. The van der Waals surface area contributed by atoms with Crippen LogP contribution < -0.4 is 5.32 Å². The number of hydrogen-bond acceptors (Lipinski definition) is 3. The van der Waals surface area contributed by atoms with Crippen molar-refractivity contribution >= 4 is 15.7 Å². The minimum atomic E-state index is -3.03. The van der Waals surface area contributed by atoms with E-state index in [0.29, 0.717) is 5.56 Å². The molecule has 1 N–H and O–H groups in total. The topological polar surface area (TPSA) is 63.2 Å². The van der Waals surface area contributed by atoms with E-state index in [1.807, 2.05) is 19.9 Å². The molecule has 0 radical (unpaired) electrons. The van der Waals surface area contributed by atoms with Crippen molar-refractivity contribution in [2.24, 2.45) is 0 Å². The Morgan fingerprint density at radius 3 is 2.41 bits per heavy atom. The molecule has 5 heteroatoms. The Hall–Kier alpha value is -1.36. The monoisotopic (exact) mass is 255 g/mol. The van der Waals surface area contributed by atoms with Gasteiger partial charge in [0.05, 0.1) is 5.75 Å². The van der Waals surface area contributed by atoms with E-state index < -0.39 is 9.84 Å². The van der Waals surface area contributed by atoms with Crippen molar-refractivity contribution in [3.63, 3.8) is 0 Å². The molecule has 0 heterocycles. The number of sulfone groups is 1. The van der Waals surface area contributed by atoms with E-state index in [1.165, 1.54) is 0 Å². The maximum absolute atomic E-state index is 11.7. The molecule has 1 amide bonds. The van der Waals surface area contributed by atoms with Gasteiger partial charge in [0.15, 0.2) is 0 Å². The molecule has 0 unspecified atom stereocenters. The zero-order chi connectivity index (χ0) is 13.1. The molecule has 0 bridgehead atoms. The lowest BCUT2D eigenvalue weighted by atomic mass is 10.1. The van der Waals surface area contributed by atoms with Gasteiger partial charge in [0.2, 0.25) is 0 Å². The first-order chi connectivity index (χ1) is 7.79. The van der Waals surface area contributed by atoms with E-state index in [1.54, 1.807) is 12.1 Å². The summed E-state index contributed by atoms with van der Waals surface area (Å²) in [7, 11) is -3.03. The summed E-state index contributed by atoms with van der Waals surface area (Å²) in [6.07, 6.45) is 1.15. The number of carbonyl (C=O) groups excluding carboxylic acids is 1. The standard InChI is InChI=1S/C12H17NO3S/c1-9-4-5-11(8-10(9)2)12(14)13-6-7-17(3,15)16/h4-5,8H,6-7H2,1-3H3,(H,13,14). The number of rotatable bonds is 4. The number of benzene rings is 1. The summed E-state index contributed by atoms with van der Waals surface area (Å²) in [6, 6.07) is 5.41. The van der Waals surface area contributed by atoms with Gasteiger partial charge in [-0.3, -0.25) is 4.79 Å². The SMILES string of the molecule is Cc1ccc(C(=O)NCCS(C)(=O)=O)cc1C. The molecule has 0 saturated heterocycles. The first-order valence-electron chi connectivity index (χ1n) is 5.33. The molecule has 1 aromatic carbocycles. The molecule has 0 aromatic heterocycles. The van der Waals surface area contributed by atoms with Crippen molar-refractivity contribution in [2.75, 3.05) is 18.6 Å². The first kappa shape index (κ1) is 13.7. The maximum atomic E-state index is 11.7. The normalized spacial score (nSPS) is 11.2. The summed E-state index contributed by atoms with van der Waals surface area (Å²) < 4.78 is 21.8. The van der Waals surface area contributed by atoms with Gasteiger partial charge in [-0.15, -0.1) is 0 Å². The lowest BCUT2D eigenvalue weighted by Crippen LogP contribution is -2.28. The van der Waals surface area contributed by atoms with Gasteiger partial charge >= 0.3 is 0 Å². The van der Waals surface area contributed by atoms with E-state index in [9.17, 15) is 13.2 Å². The second-order valence-corrected chi connectivity index (χ2v) is 6.44. The van der Waals surface area contributed by atoms with Crippen LogP contribution in [-0.4, -0.2) is 32.9 Å². The molecule has 17 heavy (non-hydrogen) atoms. The quantitative estimate of drug-likeness (QED) is 0.875. The highest BCUT2D eigenvalue weighted by molar-refractivity contribution is 7.90. The van der Waals surface area contributed by atoms with Crippen LogP contribution >= 0.6 is 0 Å². The molecule has 0 aliphatic rings. The van der Waals surface area contributed by atoms with Gasteiger partial charge < -0.3 is 5.32 Å². The Kier molecular flexibility index (Phi) is 4.28. The van der Waals surface area contributed by atoms with Crippen molar-refractivity contribution < 1.29 is 13.2 Å². The van der Waals surface area contributed by atoms with Gasteiger partial charge in [-0.1, -0.05) is 6.07 Å².